The molecule has 1 aromatic carbocycles. The van der Waals surface area contributed by atoms with Gasteiger partial charge >= 0.3 is 0 Å². The van der Waals surface area contributed by atoms with Crippen molar-refractivity contribution in [1.29, 1.82) is 0 Å². The van der Waals surface area contributed by atoms with Crippen molar-refractivity contribution < 1.29 is 9.47 Å². The van der Waals surface area contributed by atoms with Gasteiger partial charge in [0.1, 0.15) is 11.5 Å². The highest BCUT2D eigenvalue weighted by Crippen LogP contribution is 2.35. The highest BCUT2D eigenvalue weighted by Gasteiger charge is 2.14. The van der Waals surface area contributed by atoms with Gasteiger partial charge in [0.25, 0.3) is 0 Å². The van der Waals surface area contributed by atoms with Crippen molar-refractivity contribution >= 4 is 0 Å². The van der Waals surface area contributed by atoms with Crippen LogP contribution >= 0.6 is 0 Å². The fourth-order valence-corrected chi connectivity index (χ4v) is 1.57. The molecule has 0 spiro atoms. The van der Waals surface area contributed by atoms with Crippen LogP contribution in [0.25, 0.3) is 0 Å². The Hall–Kier alpha value is -1.44. The lowest BCUT2D eigenvalue weighted by Crippen LogP contribution is -2.03. The van der Waals surface area contributed by atoms with Crippen molar-refractivity contribution in [2.75, 3.05) is 13.2 Å². The molecule has 0 fully saturated rings. The highest BCUT2D eigenvalue weighted by atomic mass is 16.5. The molecule has 1 radical (unpaired) electrons. The maximum atomic E-state index is 5.58. The van der Waals surface area contributed by atoms with E-state index in [9.17, 15) is 0 Å². The van der Waals surface area contributed by atoms with Crippen LogP contribution in [0.1, 0.15) is 25.3 Å². The minimum absolute atomic E-state index is 0.0238. The molecule has 1 atom stereocenters. The van der Waals surface area contributed by atoms with E-state index in [-0.39, 0.29) is 5.92 Å². The van der Waals surface area contributed by atoms with E-state index in [0.29, 0.717) is 13.2 Å². The van der Waals surface area contributed by atoms with Crippen molar-refractivity contribution in [3.05, 3.63) is 43.3 Å². The molecule has 2 nitrogen and oxygen atoms in total. The van der Waals surface area contributed by atoms with Crippen LogP contribution in [0.5, 0.6) is 11.5 Å². The number of hydrogen-bond acceptors (Lipinski definition) is 2. The van der Waals surface area contributed by atoms with E-state index < -0.39 is 0 Å². The molecular formula is C14H19O2. The van der Waals surface area contributed by atoms with Crippen LogP contribution in [0.3, 0.4) is 0 Å². The third-order valence-corrected chi connectivity index (χ3v) is 2.28. The molecule has 0 heterocycles. The summed E-state index contributed by atoms with van der Waals surface area (Å²) in [6.07, 6.45) is 1.79. The van der Waals surface area contributed by atoms with Gasteiger partial charge in [-0.3, -0.25) is 0 Å². The van der Waals surface area contributed by atoms with Crippen LogP contribution < -0.4 is 9.47 Å². The molecule has 87 valence electrons. The van der Waals surface area contributed by atoms with E-state index in [1.54, 1.807) is 6.08 Å². The van der Waals surface area contributed by atoms with Gasteiger partial charge in [-0.1, -0.05) is 12.1 Å². The Morgan fingerprint density at radius 1 is 1.19 bits per heavy atom. The normalized spacial score (nSPS) is 11.9. The summed E-state index contributed by atoms with van der Waals surface area (Å²) in [4.78, 5) is 0. The Kier molecular flexibility index (Phi) is 4.90. The standard InChI is InChI=1S/C14H19O2/c1-5-11(4)14-12(15-6-2)9-8-10-13(14)16-7-3/h5,8-11H,1,4,6-7H2,2-3H3. The van der Waals surface area contributed by atoms with Crippen LogP contribution in [-0.4, -0.2) is 13.2 Å². The summed E-state index contributed by atoms with van der Waals surface area (Å²) in [5.41, 5.74) is 0.973. The quantitative estimate of drug-likeness (QED) is 0.681. The predicted molar refractivity (Wildman–Crippen MR) is 67.1 cm³/mol. The summed E-state index contributed by atoms with van der Waals surface area (Å²) in [6.45, 7) is 13.0. The first-order chi connectivity index (χ1) is 7.74. The predicted octanol–water partition coefficient (Wildman–Crippen LogP) is 3.59. The topological polar surface area (TPSA) is 18.5 Å². The average molecular weight is 219 g/mol. The van der Waals surface area contributed by atoms with Gasteiger partial charge < -0.3 is 9.47 Å². The molecular weight excluding hydrogens is 200 g/mol. The van der Waals surface area contributed by atoms with E-state index in [4.69, 9.17) is 9.47 Å². The molecule has 0 aliphatic carbocycles. The molecule has 0 amide bonds. The monoisotopic (exact) mass is 219 g/mol. The molecule has 1 aromatic rings. The summed E-state index contributed by atoms with van der Waals surface area (Å²) in [5, 5.41) is 0. The molecule has 0 saturated carbocycles. The zero-order chi connectivity index (χ0) is 12.0. The van der Waals surface area contributed by atoms with E-state index in [0.717, 1.165) is 17.1 Å². The third-order valence-electron chi connectivity index (χ3n) is 2.28. The third kappa shape index (κ3) is 2.78. The Morgan fingerprint density at radius 2 is 1.69 bits per heavy atom. The van der Waals surface area contributed by atoms with Gasteiger partial charge in [-0.15, -0.1) is 6.58 Å². The van der Waals surface area contributed by atoms with Gasteiger partial charge in [0, 0.05) is 11.5 Å². The maximum Gasteiger partial charge on any atom is 0.126 e. The fourth-order valence-electron chi connectivity index (χ4n) is 1.57. The second-order valence-corrected chi connectivity index (χ2v) is 3.38. The summed E-state index contributed by atoms with van der Waals surface area (Å²) >= 11 is 0. The molecule has 0 aliphatic heterocycles. The van der Waals surface area contributed by atoms with Crippen LogP contribution in [0, 0.1) is 6.92 Å². The molecule has 16 heavy (non-hydrogen) atoms. The largest absolute Gasteiger partial charge is 0.493 e. The Labute approximate surface area is 97.9 Å². The van der Waals surface area contributed by atoms with E-state index in [1.807, 2.05) is 32.0 Å². The summed E-state index contributed by atoms with van der Waals surface area (Å²) in [5.74, 6) is 1.63. The zero-order valence-corrected chi connectivity index (χ0v) is 10.0. The van der Waals surface area contributed by atoms with Crippen molar-refractivity contribution in [1.82, 2.24) is 0 Å². The number of hydrogen-bond donors (Lipinski definition) is 0. The molecule has 0 N–H and O–H groups in total. The van der Waals surface area contributed by atoms with Crippen LogP contribution in [-0.2, 0) is 0 Å². The summed E-state index contributed by atoms with van der Waals surface area (Å²) in [6, 6.07) is 5.79. The van der Waals surface area contributed by atoms with Crippen molar-refractivity contribution in [2.24, 2.45) is 0 Å². The number of rotatable bonds is 6. The number of allylic oxidation sites excluding steroid dienone is 1. The van der Waals surface area contributed by atoms with Gasteiger partial charge in [-0.25, -0.2) is 0 Å². The molecule has 0 bridgehead atoms. The number of benzene rings is 1. The van der Waals surface area contributed by atoms with E-state index in [1.165, 1.54) is 0 Å². The number of ether oxygens (including phenoxy) is 2. The van der Waals surface area contributed by atoms with Crippen LogP contribution in [0.4, 0.5) is 0 Å². The summed E-state index contributed by atoms with van der Waals surface area (Å²) in [7, 11) is 0. The lowest BCUT2D eigenvalue weighted by molar-refractivity contribution is 0.316. The Morgan fingerprint density at radius 3 is 2.06 bits per heavy atom. The average Bonchev–Trinajstić information content (AvgIpc) is 2.29. The molecule has 1 rings (SSSR count). The Bertz CT molecular complexity index is 320. The SMILES string of the molecule is [CH2]C(C=C)c1c(OCC)cccc1OCC. The second-order valence-electron chi connectivity index (χ2n) is 3.38. The van der Waals surface area contributed by atoms with Crippen molar-refractivity contribution in [3.8, 4) is 11.5 Å². The lowest BCUT2D eigenvalue weighted by atomic mass is 9.99. The first-order valence-electron chi connectivity index (χ1n) is 5.58. The van der Waals surface area contributed by atoms with Gasteiger partial charge in [0.2, 0.25) is 0 Å². The van der Waals surface area contributed by atoms with Crippen LogP contribution in [0.2, 0.25) is 0 Å². The molecule has 0 aliphatic rings. The van der Waals surface area contributed by atoms with E-state index in [2.05, 4.69) is 13.5 Å². The minimum atomic E-state index is -0.0238. The smallest absolute Gasteiger partial charge is 0.126 e. The molecule has 2 heteroatoms. The highest BCUT2D eigenvalue weighted by molar-refractivity contribution is 5.49. The Balaban J connectivity index is 3.16. The lowest BCUT2D eigenvalue weighted by Gasteiger charge is -2.17. The van der Waals surface area contributed by atoms with Gasteiger partial charge in [-0.05, 0) is 32.9 Å². The molecule has 0 saturated heterocycles. The van der Waals surface area contributed by atoms with Gasteiger partial charge in [0.15, 0.2) is 0 Å². The first-order valence-corrected chi connectivity index (χ1v) is 5.58. The summed E-state index contributed by atoms with van der Waals surface area (Å²) < 4.78 is 11.2. The van der Waals surface area contributed by atoms with Crippen LogP contribution in [0.15, 0.2) is 30.9 Å². The minimum Gasteiger partial charge on any atom is -0.493 e. The van der Waals surface area contributed by atoms with Gasteiger partial charge in [-0.2, -0.15) is 0 Å². The van der Waals surface area contributed by atoms with Crippen molar-refractivity contribution in [2.45, 2.75) is 19.8 Å². The second kappa shape index (κ2) is 6.21. The van der Waals surface area contributed by atoms with Crippen molar-refractivity contribution in [3.63, 3.8) is 0 Å². The first kappa shape index (κ1) is 12.6. The van der Waals surface area contributed by atoms with E-state index >= 15 is 0 Å². The maximum absolute atomic E-state index is 5.58. The fraction of sp³-hybridized carbons (Fsp3) is 0.357. The molecule has 1 unspecified atom stereocenters. The van der Waals surface area contributed by atoms with Gasteiger partial charge in [0.05, 0.1) is 13.2 Å². The zero-order valence-electron chi connectivity index (χ0n) is 10.0. The molecule has 0 aromatic heterocycles.